The number of benzene rings is 1. The second-order valence-corrected chi connectivity index (χ2v) is 5.93. The van der Waals surface area contributed by atoms with Gasteiger partial charge in [-0.25, -0.2) is 0 Å². The van der Waals surface area contributed by atoms with Crippen LogP contribution in [0.25, 0.3) is 0 Å². The van der Waals surface area contributed by atoms with Crippen molar-refractivity contribution in [2.24, 2.45) is 0 Å². The number of likely N-dealkylation sites (tertiary alicyclic amines) is 1. The van der Waals surface area contributed by atoms with Crippen molar-refractivity contribution in [3.05, 3.63) is 35.9 Å². The van der Waals surface area contributed by atoms with Crippen molar-refractivity contribution < 1.29 is 17.4 Å². The van der Waals surface area contributed by atoms with E-state index in [1.165, 1.54) is 0 Å². The van der Waals surface area contributed by atoms with E-state index in [1.807, 2.05) is 6.07 Å². The first kappa shape index (κ1) is 13.0. The molecule has 1 atom stereocenters. The van der Waals surface area contributed by atoms with Crippen LogP contribution >= 0.6 is 0 Å². The normalized spacial score (nSPS) is 20.1. The number of hydrogen-bond acceptors (Lipinski definition) is 4. The van der Waals surface area contributed by atoms with Crippen LogP contribution in [0.1, 0.15) is 16.8 Å². The van der Waals surface area contributed by atoms with E-state index in [9.17, 15) is 13.2 Å². The maximum absolute atomic E-state index is 12.1. The minimum absolute atomic E-state index is 0.0878. The van der Waals surface area contributed by atoms with Gasteiger partial charge in [-0.1, -0.05) is 18.2 Å². The molecular formula is C12H15NO4S. The molecule has 0 aromatic heterocycles. The average Bonchev–Trinajstić information content (AvgIpc) is 2.75. The summed E-state index contributed by atoms with van der Waals surface area (Å²) in [5, 5.41) is 0. The number of nitrogens with zero attached hydrogens (tertiary/aromatic N) is 1. The minimum Gasteiger partial charge on any atom is -0.336 e. The van der Waals surface area contributed by atoms with Crippen LogP contribution in [0.4, 0.5) is 0 Å². The van der Waals surface area contributed by atoms with Gasteiger partial charge in [0, 0.05) is 18.7 Å². The van der Waals surface area contributed by atoms with Crippen molar-refractivity contribution in [3.63, 3.8) is 0 Å². The van der Waals surface area contributed by atoms with E-state index in [4.69, 9.17) is 4.18 Å². The van der Waals surface area contributed by atoms with Crippen LogP contribution < -0.4 is 0 Å². The van der Waals surface area contributed by atoms with E-state index in [0.29, 0.717) is 25.1 Å². The monoisotopic (exact) mass is 269 g/mol. The first-order valence-corrected chi connectivity index (χ1v) is 7.50. The zero-order chi connectivity index (χ0) is 13.2. The van der Waals surface area contributed by atoms with Crippen molar-refractivity contribution >= 4 is 16.0 Å². The molecule has 1 fully saturated rings. The van der Waals surface area contributed by atoms with Crippen molar-refractivity contribution in [2.45, 2.75) is 12.5 Å². The van der Waals surface area contributed by atoms with E-state index < -0.39 is 16.2 Å². The van der Waals surface area contributed by atoms with Crippen LogP contribution in [0.5, 0.6) is 0 Å². The van der Waals surface area contributed by atoms with Gasteiger partial charge < -0.3 is 4.90 Å². The maximum Gasteiger partial charge on any atom is 0.264 e. The van der Waals surface area contributed by atoms with Crippen LogP contribution in [-0.4, -0.2) is 44.7 Å². The fourth-order valence-corrected chi connectivity index (χ4v) is 2.65. The van der Waals surface area contributed by atoms with Gasteiger partial charge in [0.2, 0.25) is 0 Å². The molecule has 1 saturated heterocycles. The highest BCUT2D eigenvalue weighted by atomic mass is 32.2. The zero-order valence-corrected chi connectivity index (χ0v) is 10.9. The summed E-state index contributed by atoms with van der Waals surface area (Å²) < 4.78 is 26.9. The zero-order valence-electron chi connectivity index (χ0n) is 10.1. The third-order valence-corrected chi connectivity index (χ3v) is 3.39. The molecule has 98 valence electrons. The van der Waals surface area contributed by atoms with E-state index in [-0.39, 0.29) is 5.91 Å². The Hall–Kier alpha value is -1.40. The highest BCUT2D eigenvalue weighted by molar-refractivity contribution is 7.86. The van der Waals surface area contributed by atoms with Crippen LogP contribution in [0.15, 0.2) is 30.3 Å². The lowest BCUT2D eigenvalue weighted by molar-refractivity contribution is 0.0773. The van der Waals surface area contributed by atoms with Gasteiger partial charge in [0.05, 0.1) is 12.4 Å². The molecule has 1 aliphatic heterocycles. The summed E-state index contributed by atoms with van der Waals surface area (Å²) in [4.78, 5) is 13.7. The minimum atomic E-state index is -3.46. The smallest absolute Gasteiger partial charge is 0.264 e. The average molecular weight is 269 g/mol. The first-order valence-electron chi connectivity index (χ1n) is 5.68. The summed E-state index contributed by atoms with van der Waals surface area (Å²) in [5.41, 5.74) is 0.609. The molecule has 0 spiro atoms. The highest BCUT2D eigenvalue weighted by Gasteiger charge is 2.29. The lowest BCUT2D eigenvalue weighted by Crippen LogP contribution is -2.30. The van der Waals surface area contributed by atoms with E-state index in [0.717, 1.165) is 6.26 Å². The Balaban J connectivity index is 1.99. The molecule has 1 aliphatic rings. The predicted octanol–water partition coefficient (Wildman–Crippen LogP) is 0.877. The number of hydrogen-bond donors (Lipinski definition) is 0. The number of rotatable bonds is 3. The summed E-state index contributed by atoms with van der Waals surface area (Å²) in [6.45, 7) is 0.842. The number of carbonyl (C=O) groups excluding carboxylic acids is 1. The molecule has 1 aromatic rings. The lowest BCUT2D eigenvalue weighted by Gasteiger charge is -2.16. The SMILES string of the molecule is CS(=O)(=O)O[C@H]1CCN(C(=O)c2ccccc2)C1. The first-order chi connectivity index (χ1) is 8.46. The molecule has 0 aliphatic carbocycles. The lowest BCUT2D eigenvalue weighted by atomic mass is 10.2. The Morgan fingerprint density at radius 2 is 2.00 bits per heavy atom. The van der Waals surface area contributed by atoms with Gasteiger partial charge in [-0.15, -0.1) is 0 Å². The van der Waals surface area contributed by atoms with Gasteiger partial charge in [0.25, 0.3) is 16.0 Å². The van der Waals surface area contributed by atoms with Gasteiger partial charge in [-0.2, -0.15) is 8.42 Å². The molecule has 2 rings (SSSR count). The standard InChI is InChI=1S/C12H15NO4S/c1-18(15,16)17-11-7-8-13(9-11)12(14)10-5-3-2-4-6-10/h2-6,11H,7-9H2,1H3/t11-/m0/s1. The van der Waals surface area contributed by atoms with Crippen LogP contribution in [-0.2, 0) is 14.3 Å². The van der Waals surface area contributed by atoms with Crippen LogP contribution in [0.2, 0.25) is 0 Å². The van der Waals surface area contributed by atoms with Crippen LogP contribution in [0.3, 0.4) is 0 Å². The Morgan fingerprint density at radius 3 is 2.61 bits per heavy atom. The highest BCUT2D eigenvalue weighted by Crippen LogP contribution is 2.17. The molecule has 0 saturated carbocycles. The Labute approximate surface area is 106 Å². The summed E-state index contributed by atoms with van der Waals surface area (Å²) in [7, 11) is -3.46. The van der Waals surface area contributed by atoms with Gasteiger partial charge in [0.15, 0.2) is 0 Å². The fraction of sp³-hybridized carbons (Fsp3) is 0.417. The van der Waals surface area contributed by atoms with Crippen molar-refractivity contribution in [1.29, 1.82) is 0 Å². The van der Waals surface area contributed by atoms with E-state index in [1.54, 1.807) is 29.2 Å². The summed E-state index contributed by atoms with van der Waals surface area (Å²) >= 11 is 0. The largest absolute Gasteiger partial charge is 0.336 e. The number of amides is 1. The molecule has 18 heavy (non-hydrogen) atoms. The maximum atomic E-state index is 12.1. The van der Waals surface area contributed by atoms with E-state index in [2.05, 4.69) is 0 Å². The Morgan fingerprint density at radius 1 is 1.33 bits per heavy atom. The second-order valence-electron chi connectivity index (χ2n) is 4.33. The van der Waals surface area contributed by atoms with Gasteiger partial charge >= 0.3 is 0 Å². The van der Waals surface area contributed by atoms with Gasteiger partial charge in [-0.3, -0.25) is 8.98 Å². The molecule has 0 bridgehead atoms. The van der Waals surface area contributed by atoms with Crippen LogP contribution in [0, 0.1) is 0 Å². The summed E-state index contributed by atoms with van der Waals surface area (Å²) in [5.74, 6) is -0.0878. The topological polar surface area (TPSA) is 63.7 Å². The molecule has 1 amide bonds. The molecule has 1 heterocycles. The molecule has 5 nitrogen and oxygen atoms in total. The third-order valence-electron chi connectivity index (χ3n) is 2.76. The third kappa shape index (κ3) is 3.30. The van der Waals surface area contributed by atoms with Crippen molar-refractivity contribution in [2.75, 3.05) is 19.3 Å². The predicted molar refractivity (Wildman–Crippen MR) is 66.7 cm³/mol. The summed E-state index contributed by atoms with van der Waals surface area (Å²) in [6.07, 6.45) is 1.15. The van der Waals surface area contributed by atoms with Crippen molar-refractivity contribution in [3.8, 4) is 0 Å². The molecule has 0 N–H and O–H groups in total. The van der Waals surface area contributed by atoms with Gasteiger partial charge in [0.1, 0.15) is 0 Å². The quantitative estimate of drug-likeness (QED) is 0.764. The molecule has 6 heteroatoms. The van der Waals surface area contributed by atoms with Crippen molar-refractivity contribution in [1.82, 2.24) is 4.90 Å². The molecular weight excluding hydrogens is 254 g/mol. The van der Waals surface area contributed by atoms with E-state index >= 15 is 0 Å². The molecule has 1 aromatic carbocycles. The Bertz CT molecular complexity index is 526. The second kappa shape index (κ2) is 5.07. The molecule has 0 unspecified atom stereocenters. The fourth-order valence-electron chi connectivity index (χ4n) is 2.00. The number of carbonyl (C=O) groups is 1. The molecule has 0 radical (unpaired) electrons. The van der Waals surface area contributed by atoms with Gasteiger partial charge in [-0.05, 0) is 18.6 Å². The summed E-state index contributed by atoms with van der Waals surface area (Å²) in [6, 6.07) is 8.93. The Kier molecular flexibility index (Phi) is 3.68.